The molecule has 0 bridgehead atoms. The zero-order valence-corrected chi connectivity index (χ0v) is 13.9. The molecule has 0 radical (unpaired) electrons. The summed E-state index contributed by atoms with van der Waals surface area (Å²) in [6.45, 7) is 8.69. The molecule has 1 fully saturated rings. The number of alkyl halides is 1. The summed E-state index contributed by atoms with van der Waals surface area (Å²) in [5, 5.41) is 0.147. The van der Waals surface area contributed by atoms with E-state index in [1.165, 1.54) is 6.07 Å². The van der Waals surface area contributed by atoms with Gasteiger partial charge in [-0.2, -0.15) is 0 Å². The lowest BCUT2D eigenvalue weighted by Crippen LogP contribution is -2.02. The predicted molar refractivity (Wildman–Crippen MR) is 78.8 cm³/mol. The van der Waals surface area contributed by atoms with Gasteiger partial charge in [0.05, 0.1) is 10.4 Å². The third-order valence-corrected chi connectivity index (χ3v) is 6.45. The molecule has 2 rings (SSSR count). The molecule has 0 spiro atoms. The van der Waals surface area contributed by atoms with Crippen molar-refractivity contribution in [3.8, 4) is 0 Å². The summed E-state index contributed by atoms with van der Waals surface area (Å²) in [6, 6.07) is 3.01. The van der Waals surface area contributed by atoms with Gasteiger partial charge in [0.1, 0.15) is 5.82 Å². The normalized spacial score (nSPS) is 22.9. The van der Waals surface area contributed by atoms with E-state index in [-0.39, 0.29) is 27.9 Å². The summed E-state index contributed by atoms with van der Waals surface area (Å²) >= 11 is 15.7. The molecule has 4 heteroatoms. The maximum Gasteiger partial charge on any atom is 0.129 e. The van der Waals surface area contributed by atoms with Crippen molar-refractivity contribution in [1.29, 1.82) is 0 Å². The Morgan fingerprint density at radius 3 is 2.17 bits per heavy atom. The molecule has 0 aliphatic heterocycles. The van der Waals surface area contributed by atoms with E-state index in [0.29, 0.717) is 15.1 Å². The van der Waals surface area contributed by atoms with Crippen LogP contribution >= 0.6 is 39.1 Å². The molecular formula is C14H16BrCl2F. The van der Waals surface area contributed by atoms with Gasteiger partial charge in [-0.15, -0.1) is 11.6 Å². The van der Waals surface area contributed by atoms with Crippen LogP contribution in [0, 0.1) is 22.6 Å². The fourth-order valence-corrected chi connectivity index (χ4v) is 4.19. The van der Waals surface area contributed by atoms with Crippen LogP contribution in [0.2, 0.25) is 5.02 Å². The first-order chi connectivity index (χ1) is 8.10. The Labute approximate surface area is 126 Å². The van der Waals surface area contributed by atoms with Crippen molar-refractivity contribution >= 4 is 39.1 Å². The molecule has 1 aliphatic rings. The van der Waals surface area contributed by atoms with E-state index in [2.05, 4.69) is 43.6 Å². The smallest absolute Gasteiger partial charge is 0.129 e. The maximum absolute atomic E-state index is 14.0. The van der Waals surface area contributed by atoms with Gasteiger partial charge in [0, 0.05) is 10.0 Å². The summed E-state index contributed by atoms with van der Waals surface area (Å²) < 4.78 is 14.6. The third kappa shape index (κ3) is 2.01. The Balaban J connectivity index is 2.37. The van der Waals surface area contributed by atoms with E-state index < -0.39 is 0 Å². The first kappa shape index (κ1) is 14.6. The fourth-order valence-electron chi connectivity index (χ4n) is 2.91. The molecule has 0 amide bonds. The van der Waals surface area contributed by atoms with Crippen LogP contribution in [0.5, 0.6) is 0 Å². The van der Waals surface area contributed by atoms with Crippen molar-refractivity contribution in [3.63, 3.8) is 0 Å². The first-order valence-corrected chi connectivity index (χ1v) is 7.50. The molecule has 0 nitrogen and oxygen atoms in total. The van der Waals surface area contributed by atoms with E-state index >= 15 is 0 Å². The van der Waals surface area contributed by atoms with Crippen LogP contribution < -0.4 is 0 Å². The van der Waals surface area contributed by atoms with Crippen molar-refractivity contribution in [2.75, 3.05) is 0 Å². The molecule has 1 unspecified atom stereocenters. The minimum atomic E-state index is -0.347. The summed E-state index contributed by atoms with van der Waals surface area (Å²) in [4.78, 5) is 0. The topological polar surface area (TPSA) is 0 Å². The van der Waals surface area contributed by atoms with Gasteiger partial charge in [-0.1, -0.05) is 39.3 Å². The summed E-state index contributed by atoms with van der Waals surface area (Å²) in [6.07, 6.45) is 0. The van der Waals surface area contributed by atoms with Gasteiger partial charge in [0.15, 0.2) is 0 Å². The molecule has 0 aromatic heterocycles. The molecule has 1 atom stereocenters. The van der Waals surface area contributed by atoms with Crippen molar-refractivity contribution in [2.45, 2.75) is 33.1 Å². The Hall–Kier alpha value is 0.210. The van der Waals surface area contributed by atoms with E-state index in [4.69, 9.17) is 23.2 Å². The molecule has 18 heavy (non-hydrogen) atoms. The number of rotatable bonds is 2. The molecule has 1 aromatic rings. The number of halogens is 4. The van der Waals surface area contributed by atoms with Gasteiger partial charge < -0.3 is 0 Å². The van der Waals surface area contributed by atoms with Crippen LogP contribution in [-0.4, -0.2) is 0 Å². The minimum Gasteiger partial charge on any atom is -0.207 e. The molecule has 0 heterocycles. The van der Waals surface area contributed by atoms with Crippen LogP contribution in [-0.2, 0) is 0 Å². The monoisotopic (exact) mass is 352 g/mol. The van der Waals surface area contributed by atoms with E-state index in [9.17, 15) is 4.39 Å². The van der Waals surface area contributed by atoms with E-state index in [1.54, 1.807) is 6.07 Å². The third-order valence-electron chi connectivity index (χ3n) is 4.76. The van der Waals surface area contributed by atoms with Crippen LogP contribution in [0.25, 0.3) is 0 Å². The van der Waals surface area contributed by atoms with Gasteiger partial charge >= 0.3 is 0 Å². The second-order valence-electron chi connectivity index (χ2n) is 6.11. The summed E-state index contributed by atoms with van der Waals surface area (Å²) in [5.41, 5.74) is 0.727. The van der Waals surface area contributed by atoms with Gasteiger partial charge in [0.25, 0.3) is 0 Å². The molecular weight excluding hydrogens is 338 g/mol. The Bertz CT molecular complexity index is 483. The van der Waals surface area contributed by atoms with Gasteiger partial charge in [-0.05, 0) is 44.8 Å². The fraction of sp³-hybridized carbons (Fsp3) is 0.571. The zero-order chi connectivity index (χ0) is 13.9. The SMILES string of the molecule is CC1(C)C(C(Cl)c2cc(Cl)c(Br)cc2F)C1(C)C. The highest BCUT2D eigenvalue weighted by atomic mass is 79.9. The molecule has 0 saturated heterocycles. The minimum absolute atomic E-state index is 0.116. The lowest BCUT2D eigenvalue weighted by Gasteiger charge is -2.14. The molecule has 0 N–H and O–H groups in total. The second-order valence-corrected chi connectivity index (χ2v) is 7.84. The summed E-state index contributed by atoms with van der Waals surface area (Å²) in [5.74, 6) is -0.0526. The van der Waals surface area contributed by atoms with Crippen molar-refractivity contribution in [3.05, 3.63) is 33.0 Å². The Morgan fingerprint density at radius 2 is 1.72 bits per heavy atom. The summed E-state index contributed by atoms with van der Waals surface area (Å²) in [7, 11) is 0. The molecule has 1 saturated carbocycles. The predicted octanol–water partition coefficient (Wildman–Crippen LogP) is 6.20. The van der Waals surface area contributed by atoms with Crippen molar-refractivity contribution in [1.82, 2.24) is 0 Å². The number of hydrogen-bond donors (Lipinski definition) is 0. The highest BCUT2D eigenvalue weighted by Gasteiger charge is 2.67. The van der Waals surface area contributed by atoms with Crippen molar-refractivity contribution in [2.24, 2.45) is 16.7 Å². The highest BCUT2D eigenvalue weighted by molar-refractivity contribution is 9.10. The van der Waals surface area contributed by atoms with Crippen molar-refractivity contribution < 1.29 is 4.39 Å². The van der Waals surface area contributed by atoms with Crippen LogP contribution in [0.3, 0.4) is 0 Å². The quantitative estimate of drug-likeness (QED) is 0.438. The molecule has 1 aromatic carbocycles. The maximum atomic E-state index is 14.0. The van der Waals surface area contributed by atoms with E-state index in [0.717, 1.165) is 0 Å². The Kier molecular flexibility index (Phi) is 3.54. The lowest BCUT2D eigenvalue weighted by molar-refractivity contribution is 0.457. The van der Waals surface area contributed by atoms with E-state index in [1.807, 2.05) is 0 Å². The molecule has 1 aliphatic carbocycles. The van der Waals surface area contributed by atoms with Crippen LogP contribution in [0.15, 0.2) is 16.6 Å². The average molecular weight is 354 g/mol. The van der Waals surface area contributed by atoms with Crippen LogP contribution in [0.1, 0.15) is 38.6 Å². The number of benzene rings is 1. The largest absolute Gasteiger partial charge is 0.207 e. The Morgan fingerprint density at radius 1 is 1.22 bits per heavy atom. The van der Waals surface area contributed by atoms with Gasteiger partial charge in [-0.25, -0.2) is 4.39 Å². The lowest BCUT2D eigenvalue weighted by atomic mass is 10.0. The second kappa shape index (κ2) is 4.36. The molecule has 100 valence electrons. The number of hydrogen-bond acceptors (Lipinski definition) is 0. The van der Waals surface area contributed by atoms with Gasteiger partial charge in [0.2, 0.25) is 0 Å². The van der Waals surface area contributed by atoms with Gasteiger partial charge in [-0.3, -0.25) is 0 Å². The van der Waals surface area contributed by atoms with Crippen LogP contribution in [0.4, 0.5) is 4.39 Å². The highest BCUT2D eigenvalue weighted by Crippen LogP contribution is 2.73. The standard InChI is InChI=1S/C14H16BrCl2F/c1-13(2)12(14(13,3)4)11(17)7-5-9(16)8(15)6-10(7)18/h5-6,11-12H,1-4H3. The zero-order valence-electron chi connectivity index (χ0n) is 10.8. The average Bonchev–Trinajstić information content (AvgIpc) is 2.62. The first-order valence-electron chi connectivity index (χ1n) is 5.89.